The average Bonchev–Trinajstić information content (AvgIpc) is 2.46. The zero-order valence-corrected chi connectivity index (χ0v) is 13.7. The molecule has 0 saturated heterocycles. The van der Waals surface area contributed by atoms with E-state index in [2.05, 4.69) is 6.58 Å². The summed E-state index contributed by atoms with van der Waals surface area (Å²) in [5, 5.41) is 0. The van der Waals surface area contributed by atoms with Crippen LogP contribution in [0.4, 0.5) is 0 Å². The van der Waals surface area contributed by atoms with Gasteiger partial charge in [0.1, 0.15) is 5.78 Å². The summed E-state index contributed by atoms with van der Waals surface area (Å²) >= 11 is 0. The van der Waals surface area contributed by atoms with Gasteiger partial charge in [-0.3, -0.25) is 0 Å². The minimum Gasteiger partial charge on any atom is -0.463 e. The highest BCUT2D eigenvalue weighted by Crippen LogP contribution is 2.12. The SMILES string of the molecule is C=CC(=O)OCCCCCCCCCCCCCC(C)=O. The van der Waals surface area contributed by atoms with Gasteiger partial charge in [0, 0.05) is 12.5 Å². The third-order valence-corrected chi connectivity index (χ3v) is 3.58. The molecule has 0 bridgehead atoms. The number of esters is 1. The van der Waals surface area contributed by atoms with Crippen molar-refractivity contribution in [1.29, 1.82) is 0 Å². The summed E-state index contributed by atoms with van der Waals surface area (Å²) < 4.78 is 4.92. The Balaban J connectivity index is 3.04. The number of hydrogen-bond donors (Lipinski definition) is 0. The minimum atomic E-state index is -0.321. The molecule has 3 heteroatoms. The number of carbonyl (C=O) groups is 2. The Hall–Kier alpha value is -1.12. The average molecular weight is 296 g/mol. The van der Waals surface area contributed by atoms with E-state index in [0.29, 0.717) is 12.4 Å². The first-order valence-corrected chi connectivity index (χ1v) is 8.45. The lowest BCUT2D eigenvalue weighted by Gasteiger charge is -2.03. The third-order valence-electron chi connectivity index (χ3n) is 3.58. The molecule has 0 N–H and O–H groups in total. The number of hydrogen-bond acceptors (Lipinski definition) is 3. The highest BCUT2D eigenvalue weighted by atomic mass is 16.5. The second kappa shape index (κ2) is 15.3. The van der Waals surface area contributed by atoms with Crippen LogP contribution >= 0.6 is 0 Å². The Morgan fingerprint density at radius 3 is 1.67 bits per heavy atom. The summed E-state index contributed by atoms with van der Waals surface area (Å²) in [6, 6.07) is 0. The summed E-state index contributed by atoms with van der Waals surface area (Å²) in [5.74, 6) is -0.00689. The number of unbranched alkanes of at least 4 members (excludes halogenated alkanes) is 10. The number of ketones is 1. The molecular weight excluding hydrogens is 264 g/mol. The Morgan fingerprint density at radius 2 is 1.24 bits per heavy atom. The van der Waals surface area contributed by atoms with Crippen molar-refractivity contribution in [2.24, 2.45) is 0 Å². The summed E-state index contributed by atoms with van der Waals surface area (Å²) in [7, 11) is 0. The fraction of sp³-hybridized carbons (Fsp3) is 0.778. The molecule has 0 saturated carbocycles. The van der Waals surface area contributed by atoms with Crippen molar-refractivity contribution in [3.8, 4) is 0 Å². The molecule has 0 atom stereocenters. The topological polar surface area (TPSA) is 43.4 Å². The van der Waals surface area contributed by atoms with Crippen molar-refractivity contribution in [1.82, 2.24) is 0 Å². The monoisotopic (exact) mass is 296 g/mol. The van der Waals surface area contributed by atoms with Gasteiger partial charge in [-0.05, 0) is 19.8 Å². The van der Waals surface area contributed by atoms with Crippen LogP contribution in [0.25, 0.3) is 0 Å². The van der Waals surface area contributed by atoms with E-state index in [1.165, 1.54) is 57.4 Å². The summed E-state index contributed by atoms with van der Waals surface area (Å²) in [6.07, 6.45) is 15.3. The number of rotatable bonds is 15. The molecule has 3 nitrogen and oxygen atoms in total. The van der Waals surface area contributed by atoms with Gasteiger partial charge in [0.05, 0.1) is 6.61 Å². The summed E-state index contributed by atoms with van der Waals surface area (Å²) in [4.78, 5) is 21.6. The molecule has 0 fully saturated rings. The molecule has 0 spiro atoms. The van der Waals surface area contributed by atoms with E-state index in [1.54, 1.807) is 6.92 Å². The van der Waals surface area contributed by atoms with Crippen LogP contribution in [-0.4, -0.2) is 18.4 Å². The van der Waals surface area contributed by atoms with E-state index in [1.807, 2.05) is 0 Å². The predicted molar refractivity (Wildman–Crippen MR) is 87.2 cm³/mol. The van der Waals surface area contributed by atoms with Gasteiger partial charge in [-0.1, -0.05) is 64.4 Å². The largest absolute Gasteiger partial charge is 0.463 e. The molecule has 21 heavy (non-hydrogen) atoms. The van der Waals surface area contributed by atoms with Gasteiger partial charge in [-0.25, -0.2) is 4.79 Å². The third kappa shape index (κ3) is 16.8. The molecule has 0 aliphatic rings. The van der Waals surface area contributed by atoms with Crippen molar-refractivity contribution in [3.63, 3.8) is 0 Å². The smallest absolute Gasteiger partial charge is 0.330 e. The lowest BCUT2D eigenvalue weighted by molar-refractivity contribution is -0.137. The molecule has 0 aliphatic carbocycles. The highest BCUT2D eigenvalue weighted by Gasteiger charge is 1.97. The van der Waals surface area contributed by atoms with Crippen molar-refractivity contribution < 1.29 is 14.3 Å². The Bertz CT molecular complexity index is 284. The predicted octanol–water partition coefficient (Wildman–Crippen LogP) is 4.99. The standard InChI is InChI=1S/C18H32O3/c1-3-18(20)21-16-14-12-10-8-6-4-5-7-9-11-13-15-17(2)19/h3H,1,4-16H2,2H3. The Labute approximate surface area is 130 Å². The molecule has 0 aromatic carbocycles. The van der Waals surface area contributed by atoms with Gasteiger partial charge in [0.15, 0.2) is 0 Å². The fourth-order valence-electron chi connectivity index (χ4n) is 2.30. The highest BCUT2D eigenvalue weighted by molar-refractivity contribution is 5.81. The van der Waals surface area contributed by atoms with Crippen LogP contribution in [0.3, 0.4) is 0 Å². The Kier molecular flexibility index (Phi) is 14.5. The second-order valence-corrected chi connectivity index (χ2v) is 5.71. The van der Waals surface area contributed by atoms with Crippen LogP contribution in [0.15, 0.2) is 12.7 Å². The maximum atomic E-state index is 10.8. The molecule has 0 amide bonds. The van der Waals surface area contributed by atoms with Crippen molar-refractivity contribution in [2.75, 3.05) is 6.61 Å². The van der Waals surface area contributed by atoms with Gasteiger partial charge < -0.3 is 9.53 Å². The first-order valence-electron chi connectivity index (χ1n) is 8.45. The first-order chi connectivity index (χ1) is 10.2. The van der Waals surface area contributed by atoms with Crippen LogP contribution in [0.2, 0.25) is 0 Å². The van der Waals surface area contributed by atoms with Crippen molar-refractivity contribution in [3.05, 3.63) is 12.7 Å². The van der Waals surface area contributed by atoms with E-state index in [4.69, 9.17) is 4.74 Å². The number of Topliss-reactive ketones (excluding diaryl/α,β-unsaturated/α-hetero) is 1. The van der Waals surface area contributed by atoms with Crippen LogP contribution < -0.4 is 0 Å². The van der Waals surface area contributed by atoms with Crippen LogP contribution in [0.5, 0.6) is 0 Å². The van der Waals surface area contributed by atoms with Crippen LogP contribution in [0.1, 0.15) is 84.0 Å². The molecule has 0 radical (unpaired) electrons. The molecule has 0 aliphatic heterocycles. The van der Waals surface area contributed by atoms with E-state index in [0.717, 1.165) is 25.7 Å². The fourth-order valence-corrected chi connectivity index (χ4v) is 2.30. The summed E-state index contributed by atoms with van der Waals surface area (Å²) in [6.45, 7) is 5.55. The van der Waals surface area contributed by atoms with Gasteiger partial charge in [-0.15, -0.1) is 0 Å². The van der Waals surface area contributed by atoms with E-state index >= 15 is 0 Å². The van der Waals surface area contributed by atoms with Gasteiger partial charge in [0.25, 0.3) is 0 Å². The number of carbonyl (C=O) groups excluding carboxylic acids is 2. The van der Waals surface area contributed by atoms with Gasteiger partial charge in [-0.2, -0.15) is 0 Å². The quantitative estimate of drug-likeness (QED) is 0.243. The second-order valence-electron chi connectivity index (χ2n) is 5.71. The van der Waals surface area contributed by atoms with Crippen LogP contribution in [-0.2, 0) is 14.3 Å². The molecule has 0 unspecified atom stereocenters. The zero-order valence-electron chi connectivity index (χ0n) is 13.7. The minimum absolute atomic E-state index is 0.314. The zero-order chi connectivity index (χ0) is 15.8. The lowest BCUT2D eigenvalue weighted by Crippen LogP contribution is -2.01. The molecular formula is C18H32O3. The maximum absolute atomic E-state index is 10.8. The molecule has 0 aromatic rings. The first kappa shape index (κ1) is 19.9. The van der Waals surface area contributed by atoms with Crippen LogP contribution in [0, 0.1) is 0 Å². The maximum Gasteiger partial charge on any atom is 0.330 e. The molecule has 0 aromatic heterocycles. The van der Waals surface area contributed by atoms with Gasteiger partial charge >= 0.3 is 5.97 Å². The van der Waals surface area contributed by atoms with Crippen molar-refractivity contribution in [2.45, 2.75) is 84.0 Å². The molecule has 0 rings (SSSR count). The normalized spacial score (nSPS) is 10.3. The molecule has 122 valence electrons. The van der Waals surface area contributed by atoms with E-state index in [-0.39, 0.29) is 5.97 Å². The summed E-state index contributed by atoms with van der Waals surface area (Å²) in [5.41, 5.74) is 0. The number of ether oxygens (including phenoxy) is 1. The van der Waals surface area contributed by atoms with Gasteiger partial charge in [0.2, 0.25) is 0 Å². The van der Waals surface area contributed by atoms with E-state index < -0.39 is 0 Å². The lowest BCUT2D eigenvalue weighted by atomic mass is 10.0. The Morgan fingerprint density at radius 1 is 0.810 bits per heavy atom. The van der Waals surface area contributed by atoms with E-state index in [9.17, 15) is 9.59 Å². The van der Waals surface area contributed by atoms with Crippen molar-refractivity contribution >= 4 is 11.8 Å². The molecule has 0 heterocycles.